The number of aromatic nitrogens is 2. The zero-order valence-electron chi connectivity index (χ0n) is 12.6. The lowest BCUT2D eigenvalue weighted by molar-refractivity contribution is -0.0428. The van der Waals surface area contributed by atoms with Crippen LogP contribution in [0.25, 0.3) is 0 Å². The van der Waals surface area contributed by atoms with Crippen LogP contribution in [0.3, 0.4) is 0 Å². The van der Waals surface area contributed by atoms with E-state index in [1.807, 2.05) is 4.98 Å². The smallest absolute Gasteiger partial charge is 0.390 e. The fraction of sp³-hybridized carbons (Fsp3) is 0.556. The lowest BCUT2D eigenvalue weighted by Gasteiger charge is -2.27. The number of H-pyrrole nitrogens is 1. The standard InChI is InChI=1S/C9H13N2O12P3/c12-5-3-8(11-2-1-7(13)10-9(11)14)20-6(5)4-19-24-21-25(15,16)23-26(17,18)22-24/h1-2,5-6,8,12H,3-4H2,(H,15,16)(H,17,18)(H,10,13,14). The normalized spacial score (nSPS) is 40.6. The molecule has 5 atom stereocenters. The molecule has 0 radical (unpaired) electrons. The van der Waals surface area contributed by atoms with E-state index in [1.165, 1.54) is 6.20 Å². The monoisotopic (exact) mass is 434 g/mol. The molecular formula is C9H13N2O12P3. The van der Waals surface area contributed by atoms with E-state index in [1.54, 1.807) is 0 Å². The van der Waals surface area contributed by atoms with E-state index in [0.717, 1.165) is 10.6 Å². The molecule has 3 heterocycles. The molecule has 5 unspecified atom stereocenters. The molecule has 2 saturated heterocycles. The SMILES string of the molecule is O=c1ccn(C2CC(O)C(COP3OP(=O)(O)OP(=O)(O)O3)O2)c(=O)[nH]1. The van der Waals surface area contributed by atoms with Gasteiger partial charge in [0.2, 0.25) is 0 Å². The van der Waals surface area contributed by atoms with Crippen LogP contribution in [0.2, 0.25) is 0 Å². The summed E-state index contributed by atoms with van der Waals surface area (Å²) in [6.45, 7) is -0.443. The van der Waals surface area contributed by atoms with Gasteiger partial charge in [0.1, 0.15) is 12.3 Å². The predicted octanol–water partition coefficient (Wildman–Crippen LogP) is -0.307. The summed E-state index contributed by atoms with van der Waals surface area (Å²) in [7, 11) is -12.4. The number of aliphatic hydroxyl groups is 1. The van der Waals surface area contributed by atoms with Crippen LogP contribution >= 0.6 is 24.2 Å². The highest BCUT2D eigenvalue weighted by molar-refractivity contribution is 7.72. The van der Waals surface area contributed by atoms with Crippen molar-refractivity contribution in [2.75, 3.05) is 6.61 Å². The maximum atomic E-state index is 11.7. The second kappa shape index (κ2) is 7.34. The van der Waals surface area contributed by atoms with E-state index in [0.29, 0.717) is 0 Å². The third kappa shape index (κ3) is 4.75. The van der Waals surface area contributed by atoms with Gasteiger partial charge < -0.3 is 24.2 Å². The highest BCUT2D eigenvalue weighted by Crippen LogP contribution is 2.76. The summed E-state index contributed by atoms with van der Waals surface area (Å²) in [5.41, 5.74) is -1.33. The first kappa shape index (κ1) is 20.0. The molecule has 2 fully saturated rings. The zero-order valence-corrected chi connectivity index (χ0v) is 15.3. The molecule has 0 saturated carbocycles. The Kier molecular flexibility index (Phi) is 5.65. The summed E-state index contributed by atoms with van der Waals surface area (Å²) in [6, 6.07) is 1.10. The quantitative estimate of drug-likeness (QED) is 0.452. The van der Waals surface area contributed by atoms with Crippen molar-refractivity contribution >= 4 is 24.2 Å². The van der Waals surface area contributed by atoms with E-state index < -0.39 is 60.5 Å². The summed E-state index contributed by atoms with van der Waals surface area (Å²) in [5.74, 6) is 0. The van der Waals surface area contributed by atoms with Gasteiger partial charge in [0.15, 0.2) is 0 Å². The number of ether oxygens (including phenoxy) is 1. The minimum Gasteiger partial charge on any atom is -0.390 e. The number of nitrogens with one attached hydrogen (secondary N) is 1. The number of aliphatic hydroxyl groups excluding tert-OH is 1. The Morgan fingerprint density at radius 3 is 2.58 bits per heavy atom. The van der Waals surface area contributed by atoms with Gasteiger partial charge in [0, 0.05) is 18.7 Å². The Morgan fingerprint density at radius 2 is 1.96 bits per heavy atom. The van der Waals surface area contributed by atoms with Crippen molar-refractivity contribution in [2.45, 2.75) is 24.9 Å². The van der Waals surface area contributed by atoms with E-state index in [9.17, 15) is 23.8 Å². The maximum Gasteiger partial charge on any atom is 0.488 e. The number of nitrogens with zero attached hydrogens (tertiary/aromatic N) is 1. The van der Waals surface area contributed by atoms with Crippen LogP contribution in [-0.4, -0.2) is 43.3 Å². The fourth-order valence-corrected chi connectivity index (χ4v) is 6.41. The highest BCUT2D eigenvalue weighted by atomic mass is 31.3. The highest BCUT2D eigenvalue weighted by Gasteiger charge is 2.48. The van der Waals surface area contributed by atoms with Crippen molar-refractivity contribution < 1.29 is 46.2 Å². The van der Waals surface area contributed by atoms with Crippen LogP contribution in [0.1, 0.15) is 12.6 Å². The van der Waals surface area contributed by atoms with Gasteiger partial charge in [-0.2, -0.15) is 4.31 Å². The van der Waals surface area contributed by atoms with Gasteiger partial charge in [-0.25, -0.2) is 22.5 Å². The number of hydrogen-bond acceptors (Lipinski definition) is 10. The summed E-state index contributed by atoms with van der Waals surface area (Å²) < 4.78 is 46.7. The van der Waals surface area contributed by atoms with Crippen LogP contribution in [0.5, 0.6) is 0 Å². The lowest BCUT2D eigenvalue weighted by Crippen LogP contribution is -2.31. The Labute approximate surface area is 145 Å². The van der Waals surface area contributed by atoms with Gasteiger partial charge in [-0.15, -0.1) is 0 Å². The molecule has 26 heavy (non-hydrogen) atoms. The summed E-state index contributed by atoms with van der Waals surface area (Å²) in [4.78, 5) is 43.2. The summed E-state index contributed by atoms with van der Waals surface area (Å²) in [5, 5.41) is 10.0. The second-order valence-corrected chi connectivity index (χ2v) is 9.69. The Bertz CT molecular complexity index is 859. The van der Waals surface area contributed by atoms with Gasteiger partial charge in [-0.05, 0) is 0 Å². The molecule has 17 heteroatoms. The molecule has 4 N–H and O–H groups in total. The van der Waals surface area contributed by atoms with E-state index in [2.05, 4.69) is 12.9 Å². The molecule has 1 aromatic heterocycles. The minimum absolute atomic E-state index is 0.0142. The molecule has 0 spiro atoms. The van der Waals surface area contributed by atoms with Crippen LogP contribution in [-0.2, 0) is 31.3 Å². The van der Waals surface area contributed by atoms with Gasteiger partial charge >= 0.3 is 29.9 Å². The van der Waals surface area contributed by atoms with E-state index >= 15 is 0 Å². The predicted molar refractivity (Wildman–Crippen MR) is 81.6 cm³/mol. The van der Waals surface area contributed by atoms with Crippen molar-refractivity contribution in [3.05, 3.63) is 33.1 Å². The molecule has 2 aliphatic rings. The minimum atomic E-state index is -4.83. The third-order valence-electron chi connectivity index (χ3n) is 3.26. The molecule has 14 nitrogen and oxygen atoms in total. The molecule has 0 amide bonds. The fourth-order valence-electron chi connectivity index (χ4n) is 2.22. The summed E-state index contributed by atoms with van der Waals surface area (Å²) in [6.07, 6.45) is -1.83. The van der Waals surface area contributed by atoms with Crippen molar-refractivity contribution in [3.8, 4) is 0 Å². The molecule has 146 valence electrons. The Morgan fingerprint density at radius 1 is 1.31 bits per heavy atom. The van der Waals surface area contributed by atoms with Gasteiger partial charge in [0.05, 0.1) is 12.7 Å². The Balaban J connectivity index is 1.62. The van der Waals surface area contributed by atoms with Crippen LogP contribution in [0.15, 0.2) is 21.9 Å². The first-order chi connectivity index (χ1) is 12.0. The largest absolute Gasteiger partial charge is 0.488 e. The van der Waals surface area contributed by atoms with Gasteiger partial charge in [-0.1, -0.05) is 0 Å². The van der Waals surface area contributed by atoms with Crippen LogP contribution in [0.4, 0.5) is 0 Å². The molecule has 1 aromatic rings. The van der Waals surface area contributed by atoms with Crippen molar-refractivity contribution in [3.63, 3.8) is 0 Å². The summed E-state index contributed by atoms with van der Waals surface area (Å²) >= 11 is 0. The molecule has 2 aliphatic heterocycles. The van der Waals surface area contributed by atoms with Crippen molar-refractivity contribution in [1.82, 2.24) is 9.55 Å². The average molecular weight is 434 g/mol. The number of phosphoric acid groups is 2. The topological polar surface area (TPSA) is 196 Å². The first-order valence-corrected chi connectivity index (χ1v) is 11.0. The van der Waals surface area contributed by atoms with Crippen molar-refractivity contribution in [1.29, 1.82) is 0 Å². The van der Waals surface area contributed by atoms with Crippen molar-refractivity contribution in [2.24, 2.45) is 0 Å². The molecule has 0 aliphatic carbocycles. The first-order valence-electron chi connectivity index (χ1n) is 6.89. The number of hydrogen-bond donors (Lipinski definition) is 4. The molecule has 0 aromatic carbocycles. The van der Waals surface area contributed by atoms with E-state index in [-0.39, 0.29) is 6.42 Å². The van der Waals surface area contributed by atoms with Crippen LogP contribution < -0.4 is 11.2 Å². The zero-order chi connectivity index (χ0) is 19.1. The van der Waals surface area contributed by atoms with Gasteiger partial charge in [-0.3, -0.25) is 14.3 Å². The molecular weight excluding hydrogens is 421 g/mol. The van der Waals surface area contributed by atoms with E-state index in [4.69, 9.17) is 19.0 Å². The second-order valence-electron chi connectivity index (χ2n) is 5.15. The number of rotatable bonds is 4. The maximum absolute atomic E-state index is 11.7. The van der Waals surface area contributed by atoms with Gasteiger partial charge in [0.25, 0.3) is 5.56 Å². The molecule has 0 bridgehead atoms. The number of aromatic amines is 1. The molecule has 3 rings (SSSR count). The Hall–Kier alpha value is -0.750. The average Bonchev–Trinajstić information content (AvgIpc) is 2.82. The third-order valence-corrected chi connectivity index (χ3v) is 7.98. The van der Waals surface area contributed by atoms with Crippen LogP contribution in [0, 0.1) is 0 Å². The lowest BCUT2D eigenvalue weighted by atomic mass is 10.2.